The quantitative estimate of drug-likeness (QED) is 0.648. The highest BCUT2D eigenvalue weighted by atomic mass is 35.5. The van der Waals surface area contributed by atoms with E-state index in [2.05, 4.69) is 10.2 Å². The minimum atomic E-state index is -4.70. The average molecular weight is 371 g/mol. The van der Waals surface area contributed by atoms with Gasteiger partial charge in [0.25, 0.3) is 0 Å². The van der Waals surface area contributed by atoms with Gasteiger partial charge in [-0.25, -0.2) is 4.39 Å². The lowest BCUT2D eigenvalue weighted by Gasteiger charge is -2.10. The zero-order chi connectivity index (χ0) is 16.3. The van der Waals surface area contributed by atoms with Crippen LogP contribution < -0.4 is 5.73 Å². The van der Waals surface area contributed by atoms with E-state index in [4.69, 9.17) is 5.73 Å². The first kappa shape index (κ1) is 19.7. The molecule has 128 valence electrons. The maximum atomic E-state index is 13.2. The number of halogens is 5. The van der Waals surface area contributed by atoms with Gasteiger partial charge >= 0.3 is 6.18 Å². The van der Waals surface area contributed by atoms with Crippen LogP contribution in [0.2, 0.25) is 0 Å². The normalized spacial score (nSPS) is 11.4. The second-order valence-electron chi connectivity index (χ2n) is 4.60. The third-order valence-electron chi connectivity index (χ3n) is 3.00. The molecular weight excluding hydrogens is 356 g/mol. The average Bonchev–Trinajstić information content (AvgIpc) is 2.78. The first-order valence-corrected chi connectivity index (χ1v) is 7.38. The van der Waals surface area contributed by atoms with E-state index in [1.54, 1.807) is 11.6 Å². The zero-order valence-electron chi connectivity index (χ0n) is 12.1. The molecule has 0 fully saturated rings. The minimum Gasteiger partial charge on any atom is -0.330 e. The molecule has 1 heterocycles. The zero-order valence-corrected chi connectivity index (χ0v) is 13.7. The first-order chi connectivity index (χ1) is 10.3. The van der Waals surface area contributed by atoms with E-state index in [1.165, 1.54) is 17.8 Å². The highest BCUT2D eigenvalue weighted by molar-refractivity contribution is 7.98. The van der Waals surface area contributed by atoms with Crippen molar-refractivity contribution >= 4 is 24.2 Å². The Morgan fingerprint density at radius 2 is 1.96 bits per heavy atom. The van der Waals surface area contributed by atoms with Crippen LogP contribution in [0, 0.1) is 5.82 Å². The molecule has 23 heavy (non-hydrogen) atoms. The molecule has 0 saturated heterocycles. The Morgan fingerprint density at radius 1 is 1.26 bits per heavy atom. The fourth-order valence-corrected chi connectivity index (χ4v) is 2.72. The van der Waals surface area contributed by atoms with E-state index in [0.29, 0.717) is 29.5 Å². The molecule has 0 bridgehead atoms. The van der Waals surface area contributed by atoms with Gasteiger partial charge in [-0.15, -0.1) is 22.6 Å². The smallest absolute Gasteiger partial charge is 0.330 e. The van der Waals surface area contributed by atoms with Gasteiger partial charge in [-0.2, -0.15) is 13.2 Å². The summed E-state index contributed by atoms with van der Waals surface area (Å²) in [6.07, 6.45) is -4.14. The van der Waals surface area contributed by atoms with Gasteiger partial charge in [-0.05, 0) is 24.2 Å². The van der Waals surface area contributed by atoms with Crippen LogP contribution in [0.1, 0.15) is 17.0 Å². The van der Waals surface area contributed by atoms with Crippen LogP contribution in [0.4, 0.5) is 17.6 Å². The topological polar surface area (TPSA) is 56.7 Å². The largest absolute Gasteiger partial charge is 0.419 e. The summed E-state index contributed by atoms with van der Waals surface area (Å²) in [7, 11) is 1.76. The second kappa shape index (κ2) is 7.98. The highest BCUT2D eigenvalue weighted by Gasteiger charge is 2.34. The van der Waals surface area contributed by atoms with Crippen LogP contribution in [-0.2, 0) is 25.4 Å². The summed E-state index contributed by atoms with van der Waals surface area (Å²) in [5, 5.41) is 8.49. The van der Waals surface area contributed by atoms with Crippen LogP contribution in [0.25, 0.3) is 0 Å². The third-order valence-corrected chi connectivity index (χ3v) is 4.09. The van der Waals surface area contributed by atoms with Crippen molar-refractivity contribution < 1.29 is 17.6 Å². The van der Waals surface area contributed by atoms with Crippen molar-refractivity contribution in [2.24, 2.45) is 12.8 Å². The number of hydrogen-bond donors (Lipinski definition) is 1. The molecule has 0 aliphatic carbocycles. The lowest BCUT2D eigenvalue weighted by Crippen LogP contribution is -2.09. The minimum absolute atomic E-state index is 0. The molecule has 0 aliphatic rings. The molecule has 10 heteroatoms. The van der Waals surface area contributed by atoms with Crippen LogP contribution in [0.5, 0.6) is 0 Å². The van der Waals surface area contributed by atoms with Crippen LogP contribution >= 0.6 is 24.2 Å². The summed E-state index contributed by atoms with van der Waals surface area (Å²) in [6, 6.07) is 2.98. The van der Waals surface area contributed by atoms with Crippen molar-refractivity contribution in [3.05, 3.63) is 41.0 Å². The van der Waals surface area contributed by atoms with Crippen molar-refractivity contribution in [2.45, 2.75) is 23.5 Å². The Balaban J connectivity index is 0.00000264. The lowest BCUT2D eigenvalue weighted by atomic mass is 10.1. The van der Waals surface area contributed by atoms with Gasteiger partial charge in [0, 0.05) is 19.2 Å². The predicted molar refractivity (Wildman–Crippen MR) is 82.0 cm³/mol. The monoisotopic (exact) mass is 370 g/mol. The maximum absolute atomic E-state index is 13.2. The summed E-state index contributed by atoms with van der Waals surface area (Å²) in [5.41, 5.74) is 4.55. The van der Waals surface area contributed by atoms with Gasteiger partial charge in [0.1, 0.15) is 11.6 Å². The van der Waals surface area contributed by atoms with Gasteiger partial charge in [0.05, 0.1) is 5.56 Å². The summed E-state index contributed by atoms with van der Waals surface area (Å²) < 4.78 is 52.9. The number of nitrogens with zero attached hydrogens (tertiary/aromatic N) is 3. The number of aromatic nitrogens is 3. The second-order valence-corrected chi connectivity index (χ2v) is 5.54. The summed E-state index contributed by atoms with van der Waals surface area (Å²) in [5.74, 6) is -0.331. The number of rotatable bonds is 5. The molecule has 0 spiro atoms. The Bertz CT molecular complexity index is 660. The van der Waals surface area contributed by atoms with E-state index >= 15 is 0 Å². The Morgan fingerprint density at radius 3 is 2.57 bits per heavy atom. The molecule has 0 atom stereocenters. The summed E-state index contributed by atoms with van der Waals surface area (Å²) in [6.45, 7) is 0.434. The molecule has 1 aromatic heterocycles. The van der Waals surface area contributed by atoms with Crippen LogP contribution in [0.15, 0.2) is 23.4 Å². The number of hydrogen-bond acceptors (Lipinski definition) is 4. The number of nitrogens with two attached hydrogens (primary N) is 1. The van der Waals surface area contributed by atoms with Gasteiger partial charge < -0.3 is 10.3 Å². The maximum Gasteiger partial charge on any atom is 0.419 e. The Labute approximate surface area is 140 Å². The SMILES string of the molecule is Cl.Cn1c(CCN)nnc1SCc1ccc(F)c(C(F)(F)F)c1. The van der Waals surface area contributed by atoms with E-state index in [-0.39, 0.29) is 18.2 Å². The van der Waals surface area contributed by atoms with Gasteiger partial charge in [0.2, 0.25) is 0 Å². The Kier molecular flexibility index (Phi) is 6.84. The fourth-order valence-electron chi connectivity index (χ4n) is 1.84. The van der Waals surface area contributed by atoms with Crippen LogP contribution in [0.3, 0.4) is 0 Å². The van der Waals surface area contributed by atoms with Crippen LogP contribution in [-0.4, -0.2) is 21.3 Å². The summed E-state index contributed by atoms with van der Waals surface area (Å²) in [4.78, 5) is 0. The van der Waals surface area contributed by atoms with Crippen molar-refractivity contribution in [3.63, 3.8) is 0 Å². The Hall–Kier alpha value is -1.32. The van der Waals surface area contributed by atoms with E-state index < -0.39 is 17.6 Å². The standard InChI is InChI=1S/C13H14F4N4S.ClH/c1-21-11(4-5-18)19-20-12(21)22-7-8-2-3-10(14)9(6-8)13(15,16)17;/h2-3,6H,4-5,7,18H2,1H3;1H. The number of benzene rings is 1. The molecule has 2 N–H and O–H groups in total. The molecule has 0 amide bonds. The van der Waals surface area contributed by atoms with Crippen molar-refractivity contribution in [2.75, 3.05) is 6.54 Å². The number of alkyl halides is 3. The molecule has 0 unspecified atom stereocenters. The van der Waals surface area contributed by atoms with E-state index in [1.807, 2.05) is 0 Å². The first-order valence-electron chi connectivity index (χ1n) is 6.39. The molecule has 1 aromatic carbocycles. The van der Waals surface area contributed by atoms with E-state index in [9.17, 15) is 17.6 Å². The fraction of sp³-hybridized carbons (Fsp3) is 0.385. The van der Waals surface area contributed by atoms with E-state index in [0.717, 1.165) is 12.1 Å². The highest BCUT2D eigenvalue weighted by Crippen LogP contribution is 2.33. The van der Waals surface area contributed by atoms with Crippen molar-refractivity contribution in [1.29, 1.82) is 0 Å². The molecule has 4 nitrogen and oxygen atoms in total. The van der Waals surface area contributed by atoms with Gasteiger partial charge in [-0.1, -0.05) is 17.8 Å². The lowest BCUT2D eigenvalue weighted by molar-refractivity contribution is -0.140. The molecule has 0 aliphatic heterocycles. The molecule has 0 saturated carbocycles. The van der Waals surface area contributed by atoms with Crippen molar-refractivity contribution in [3.8, 4) is 0 Å². The predicted octanol–water partition coefficient (Wildman–Crippen LogP) is 3.19. The molecule has 2 aromatic rings. The third kappa shape index (κ3) is 4.82. The molecule has 2 rings (SSSR count). The van der Waals surface area contributed by atoms with Gasteiger partial charge in [-0.3, -0.25) is 0 Å². The molecule has 0 radical (unpaired) electrons. The summed E-state index contributed by atoms with van der Waals surface area (Å²) >= 11 is 1.23. The molecular formula is C13H15ClF4N4S. The van der Waals surface area contributed by atoms with Gasteiger partial charge in [0.15, 0.2) is 5.16 Å². The number of thioether (sulfide) groups is 1. The van der Waals surface area contributed by atoms with Crippen molar-refractivity contribution in [1.82, 2.24) is 14.8 Å².